The Hall–Kier alpha value is -3.86. The Bertz CT molecular complexity index is 1210. The summed E-state index contributed by atoms with van der Waals surface area (Å²) in [6.45, 7) is 6.11. The number of aromatic nitrogens is 1. The standard InChI is InChI=1S/C28H29N3O2/c1-28(2,3)30-26(32)25(21-14-8-5-9-15-21)31(19-20-12-6-4-7-13-20)27(33)24-18-22-16-10-11-17-23(22)29-24/h4-18,25,29H,19H2,1-3H3,(H,30,32). The minimum Gasteiger partial charge on any atom is -0.351 e. The molecule has 0 bridgehead atoms. The molecule has 0 aliphatic heterocycles. The molecule has 1 unspecified atom stereocenters. The molecule has 0 spiro atoms. The fraction of sp³-hybridized carbons (Fsp3) is 0.214. The number of H-pyrrole nitrogens is 1. The van der Waals surface area contributed by atoms with Crippen LogP contribution in [0.3, 0.4) is 0 Å². The molecule has 0 aliphatic carbocycles. The lowest BCUT2D eigenvalue weighted by Crippen LogP contribution is -2.49. The predicted octanol–water partition coefficient (Wildman–Crippen LogP) is 5.47. The van der Waals surface area contributed by atoms with Crippen LogP contribution in [-0.4, -0.2) is 27.2 Å². The Labute approximate surface area is 194 Å². The van der Waals surface area contributed by atoms with Crippen molar-refractivity contribution < 1.29 is 9.59 Å². The van der Waals surface area contributed by atoms with Crippen LogP contribution >= 0.6 is 0 Å². The number of hydrogen-bond donors (Lipinski definition) is 2. The molecule has 0 fully saturated rings. The van der Waals surface area contributed by atoms with Gasteiger partial charge in [0, 0.05) is 23.0 Å². The van der Waals surface area contributed by atoms with Gasteiger partial charge in [-0.05, 0) is 44.0 Å². The van der Waals surface area contributed by atoms with Gasteiger partial charge in [0.1, 0.15) is 11.7 Å². The van der Waals surface area contributed by atoms with Gasteiger partial charge in [-0.3, -0.25) is 9.59 Å². The second kappa shape index (κ2) is 9.33. The highest BCUT2D eigenvalue weighted by atomic mass is 16.2. The molecule has 4 aromatic rings. The first-order valence-corrected chi connectivity index (χ1v) is 11.1. The summed E-state index contributed by atoms with van der Waals surface area (Å²) in [6, 6.07) is 28.1. The summed E-state index contributed by atoms with van der Waals surface area (Å²) >= 11 is 0. The van der Waals surface area contributed by atoms with Crippen molar-refractivity contribution in [1.82, 2.24) is 15.2 Å². The molecule has 3 aromatic carbocycles. The third kappa shape index (κ3) is 5.32. The van der Waals surface area contributed by atoms with E-state index in [0.29, 0.717) is 12.2 Å². The monoisotopic (exact) mass is 439 g/mol. The van der Waals surface area contributed by atoms with Crippen LogP contribution in [0.2, 0.25) is 0 Å². The van der Waals surface area contributed by atoms with E-state index >= 15 is 0 Å². The van der Waals surface area contributed by atoms with Crippen molar-refractivity contribution in [3.63, 3.8) is 0 Å². The van der Waals surface area contributed by atoms with E-state index in [9.17, 15) is 9.59 Å². The zero-order valence-corrected chi connectivity index (χ0v) is 19.2. The van der Waals surface area contributed by atoms with Crippen LogP contribution in [0.5, 0.6) is 0 Å². The summed E-state index contributed by atoms with van der Waals surface area (Å²) in [6.07, 6.45) is 0. The molecule has 1 atom stereocenters. The van der Waals surface area contributed by atoms with Crippen LogP contribution in [0.1, 0.15) is 48.4 Å². The largest absolute Gasteiger partial charge is 0.351 e. The highest BCUT2D eigenvalue weighted by Crippen LogP contribution is 2.27. The molecule has 2 N–H and O–H groups in total. The van der Waals surface area contributed by atoms with Gasteiger partial charge in [-0.15, -0.1) is 0 Å². The maximum atomic E-state index is 13.9. The smallest absolute Gasteiger partial charge is 0.271 e. The van der Waals surface area contributed by atoms with Crippen LogP contribution in [0.4, 0.5) is 0 Å². The molecule has 5 nitrogen and oxygen atoms in total. The number of hydrogen-bond acceptors (Lipinski definition) is 2. The highest BCUT2D eigenvalue weighted by molar-refractivity contribution is 6.00. The Balaban J connectivity index is 1.80. The molecular formula is C28H29N3O2. The van der Waals surface area contributed by atoms with Gasteiger partial charge in [0.15, 0.2) is 0 Å². The van der Waals surface area contributed by atoms with Crippen molar-refractivity contribution in [3.8, 4) is 0 Å². The fourth-order valence-electron chi connectivity index (χ4n) is 3.95. The molecule has 168 valence electrons. The minimum absolute atomic E-state index is 0.214. The zero-order chi connectivity index (χ0) is 23.4. The van der Waals surface area contributed by atoms with E-state index in [0.717, 1.165) is 22.0 Å². The second-order valence-electron chi connectivity index (χ2n) is 9.24. The van der Waals surface area contributed by atoms with E-state index in [2.05, 4.69) is 10.3 Å². The normalized spacial score (nSPS) is 12.3. The molecule has 1 aromatic heterocycles. The first kappa shape index (κ1) is 22.3. The lowest BCUT2D eigenvalue weighted by atomic mass is 10.0. The lowest BCUT2D eigenvalue weighted by molar-refractivity contribution is -0.127. The van der Waals surface area contributed by atoms with E-state index in [4.69, 9.17) is 0 Å². The fourth-order valence-corrected chi connectivity index (χ4v) is 3.95. The van der Waals surface area contributed by atoms with E-state index in [1.165, 1.54) is 0 Å². The summed E-state index contributed by atoms with van der Waals surface area (Å²) in [5.74, 6) is -0.443. The van der Waals surface area contributed by atoms with E-state index in [-0.39, 0.29) is 11.8 Å². The Kier molecular flexibility index (Phi) is 6.31. The molecule has 4 rings (SSSR count). The first-order chi connectivity index (χ1) is 15.8. The number of amides is 2. The Morgan fingerprint density at radius 2 is 1.48 bits per heavy atom. The highest BCUT2D eigenvalue weighted by Gasteiger charge is 2.34. The van der Waals surface area contributed by atoms with Gasteiger partial charge in [-0.2, -0.15) is 0 Å². The quantitative estimate of drug-likeness (QED) is 0.419. The Morgan fingerprint density at radius 1 is 0.879 bits per heavy atom. The molecule has 2 amide bonds. The SMILES string of the molecule is CC(C)(C)NC(=O)C(c1ccccc1)N(Cc1ccccc1)C(=O)c1cc2ccccc2[nH]1. The van der Waals surface area contributed by atoms with Crippen molar-refractivity contribution in [2.75, 3.05) is 0 Å². The van der Waals surface area contributed by atoms with Crippen molar-refractivity contribution in [2.45, 2.75) is 38.9 Å². The number of rotatable bonds is 6. The number of nitrogens with one attached hydrogen (secondary N) is 2. The lowest BCUT2D eigenvalue weighted by Gasteiger charge is -2.33. The number of nitrogens with zero attached hydrogens (tertiary/aromatic N) is 1. The topological polar surface area (TPSA) is 65.2 Å². The van der Waals surface area contributed by atoms with Gasteiger partial charge in [-0.1, -0.05) is 78.9 Å². The van der Waals surface area contributed by atoms with Crippen LogP contribution in [0, 0.1) is 0 Å². The molecule has 0 aliphatic rings. The number of benzene rings is 3. The first-order valence-electron chi connectivity index (χ1n) is 11.1. The second-order valence-corrected chi connectivity index (χ2v) is 9.24. The maximum absolute atomic E-state index is 13.9. The molecule has 0 saturated heterocycles. The minimum atomic E-state index is -0.787. The van der Waals surface area contributed by atoms with Crippen molar-refractivity contribution in [3.05, 3.63) is 108 Å². The van der Waals surface area contributed by atoms with E-state index in [1.807, 2.05) is 112 Å². The average Bonchev–Trinajstić information content (AvgIpc) is 3.23. The molecule has 1 heterocycles. The molecule has 5 heteroatoms. The van der Waals surface area contributed by atoms with Gasteiger partial charge < -0.3 is 15.2 Å². The maximum Gasteiger partial charge on any atom is 0.271 e. The zero-order valence-electron chi connectivity index (χ0n) is 19.2. The molecule has 0 radical (unpaired) electrons. The van der Waals surface area contributed by atoms with E-state index in [1.54, 1.807) is 4.90 Å². The van der Waals surface area contributed by atoms with Gasteiger partial charge in [-0.25, -0.2) is 0 Å². The molecular weight excluding hydrogens is 410 g/mol. The average molecular weight is 440 g/mol. The number of para-hydroxylation sites is 1. The number of aromatic amines is 1. The van der Waals surface area contributed by atoms with Gasteiger partial charge >= 0.3 is 0 Å². The predicted molar refractivity (Wildman–Crippen MR) is 132 cm³/mol. The summed E-state index contributed by atoms with van der Waals surface area (Å²) in [5, 5.41) is 4.03. The summed E-state index contributed by atoms with van der Waals surface area (Å²) in [7, 11) is 0. The third-order valence-corrected chi connectivity index (χ3v) is 5.39. The van der Waals surface area contributed by atoms with Gasteiger partial charge in [0.25, 0.3) is 5.91 Å². The third-order valence-electron chi connectivity index (χ3n) is 5.39. The van der Waals surface area contributed by atoms with Crippen LogP contribution in [0.15, 0.2) is 91.0 Å². The van der Waals surface area contributed by atoms with Crippen LogP contribution < -0.4 is 5.32 Å². The Morgan fingerprint density at radius 3 is 2.12 bits per heavy atom. The summed E-state index contributed by atoms with van der Waals surface area (Å²) in [5.41, 5.74) is 2.62. The summed E-state index contributed by atoms with van der Waals surface area (Å²) in [4.78, 5) is 32.4. The van der Waals surface area contributed by atoms with Crippen LogP contribution in [-0.2, 0) is 11.3 Å². The van der Waals surface area contributed by atoms with Gasteiger partial charge in [0.2, 0.25) is 5.91 Å². The molecule has 33 heavy (non-hydrogen) atoms. The number of carbonyl (C=O) groups is 2. The van der Waals surface area contributed by atoms with Crippen molar-refractivity contribution >= 4 is 22.7 Å². The van der Waals surface area contributed by atoms with E-state index < -0.39 is 11.6 Å². The van der Waals surface area contributed by atoms with Crippen molar-refractivity contribution in [2.24, 2.45) is 0 Å². The number of fused-ring (bicyclic) bond motifs is 1. The summed E-state index contributed by atoms with van der Waals surface area (Å²) < 4.78 is 0. The van der Waals surface area contributed by atoms with Crippen LogP contribution in [0.25, 0.3) is 10.9 Å². The molecule has 0 saturated carbocycles. The van der Waals surface area contributed by atoms with Gasteiger partial charge in [0.05, 0.1) is 0 Å². The number of carbonyl (C=O) groups excluding carboxylic acids is 2. The van der Waals surface area contributed by atoms with Crippen molar-refractivity contribution in [1.29, 1.82) is 0 Å².